The number of para-hydroxylation sites is 2. The molecule has 0 aliphatic heterocycles. The molecule has 0 aliphatic rings. The highest BCUT2D eigenvalue weighted by molar-refractivity contribution is 6.18. The fraction of sp³-hybridized carbons (Fsp3) is 0.250. The lowest BCUT2D eigenvalue weighted by Gasteiger charge is -2.31. The molecule has 0 aliphatic carbocycles. The third kappa shape index (κ3) is 4.58. The number of hydrogen-bond acceptors (Lipinski definition) is 2. The summed E-state index contributed by atoms with van der Waals surface area (Å²) in [6, 6.07) is 19.1. The Balaban J connectivity index is 2.12. The summed E-state index contributed by atoms with van der Waals surface area (Å²) in [5, 5.41) is 0. The number of benzene rings is 2. The molecule has 0 N–H and O–H groups in total. The van der Waals surface area contributed by atoms with Crippen LogP contribution in [0.1, 0.15) is 12.8 Å². The van der Waals surface area contributed by atoms with E-state index in [2.05, 4.69) is 10.2 Å². The van der Waals surface area contributed by atoms with Gasteiger partial charge in [-0.2, -0.15) is 0 Å². The van der Waals surface area contributed by atoms with Gasteiger partial charge in [-0.15, -0.1) is 11.6 Å². The van der Waals surface area contributed by atoms with E-state index in [-0.39, 0.29) is 0 Å². The Morgan fingerprint density at radius 2 is 1.30 bits per heavy atom. The predicted octanol–water partition coefficient (Wildman–Crippen LogP) is 3.99. The molecule has 0 fully saturated rings. The number of ether oxygens (including phenoxy) is 2. The molecule has 2 nitrogen and oxygen atoms in total. The van der Waals surface area contributed by atoms with Gasteiger partial charge in [0.2, 0.25) is 5.41 Å². The van der Waals surface area contributed by atoms with Crippen molar-refractivity contribution in [1.29, 1.82) is 0 Å². The SMILES string of the molecule is [Si]C(CCCCl)(Oc1ccccc1)Oc1ccccc1. The van der Waals surface area contributed by atoms with Gasteiger partial charge in [0.15, 0.2) is 10.2 Å². The fourth-order valence-electron chi connectivity index (χ4n) is 1.78. The highest BCUT2D eigenvalue weighted by Crippen LogP contribution is 2.24. The summed E-state index contributed by atoms with van der Waals surface area (Å²) in [6.45, 7) is 0. The lowest BCUT2D eigenvalue weighted by Crippen LogP contribution is -2.43. The molecule has 0 saturated heterocycles. The van der Waals surface area contributed by atoms with Crippen LogP contribution >= 0.6 is 11.6 Å². The molecule has 0 atom stereocenters. The Kier molecular flexibility index (Phi) is 5.50. The highest BCUT2D eigenvalue weighted by atomic mass is 35.5. The summed E-state index contributed by atoms with van der Waals surface area (Å²) in [7, 11) is 3.62. The zero-order valence-electron chi connectivity index (χ0n) is 11.1. The zero-order valence-corrected chi connectivity index (χ0v) is 12.8. The first-order chi connectivity index (χ1) is 9.72. The average Bonchev–Trinajstić information content (AvgIpc) is 2.47. The van der Waals surface area contributed by atoms with Crippen LogP contribution in [0.5, 0.6) is 11.5 Å². The lowest BCUT2D eigenvalue weighted by molar-refractivity contribution is -0.0449. The quantitative estimate of drug-likeness (QED) is 0.437. The molecule has 20 heavy (non-hydrogen) atoms. The molecule has 0 bridgehead atoms. The Labute approximate surface area is 128 Å². The van der Waals surface area contributed by atoms with E-state index in [1.807, 2.05) is 60.7 Å². The van der Waals surface area contributed by atoms with Crippen molar-refractivity contribution < 1.29 is 9.47 Å². The average molecular weight is 304 g/mol. The topological polar surface area (TPSA) is 18.5 Å². The van der Waals surface area contributed by atoms with Crippen LogP contribution in [-0.4, -0.2) is 21.5 Å². The van der Waals surface area contributed by atoms with Gasteiger partial charge in [-0.05, 0) is 30.7 Å². The van der Waals surface area contributed by atoms with E-state index < -0.39 is 5.41 Å². The van der Waals surface area contributed by atoms with Crippen LogP contribution in [0.2, 0.25) is 0 Å². The molecule has 2 rings (SSSR count). The normalized spacial score (nSPS) is 11.1. The van der Waals surface area contributed by atoms with Gasteiger partial charge in [-0.1, -0.05) is 36.4 Å². The third-order valence-electron chi connectivity index (χ3n) is 2.69. The third-order valence-corrected chi connectivity index (χ3v) is 3.41. The van der Waals surface area contributed by atoms with Gasteiger partial charge in [-0.25, -0.2) is 0 Å². The van der Waals surface area contributed by atoms with Gasteiger partial charge < -0.3 is 9.47 Å². The first kappa shape index (κ1) is 14.9. The standard InChI is InChI=1S/C16H16ClO2Si/c17-13-7-12-16(20,18-14-8-3-1-4-9-14)19-15-10-5-2-6-11-15/h1-6,8-11H,7,12-13H2. The second-order valence-electron chi connectivity index (χ2n) is 4.38. The van der Waals surface area contributed by atoms with Crippen molar-refractivity contribution in [3.63, 3.8) is 0 Å². The molecular weight excluding hydrogens is 288 g/mol. The molecule has 3 radical (unpaired) electrons. The van der Waals surface area contributed by atoms with Gasteiger partial charge in [0.05, 0.1) is 0 Å². The van der Waals surface area contributed by atoms with Gasteiger partial charge >= 0.3 is 0 Å². The molecule has 0 unspecified atom stereocenters. The van der Waals surface area contributed by atoms with Crippen molar-refractivity contribution in [1.82, 2.24) is 0 Å². The van der Waals surface area contributed by atoms with Crippen LogP contribution in [0.15, 0.2) is 60.7 Å². The molecule has 103 valence electrons. The van der Waals surface area contributed by atoms with Crippen LogP contribution in [0.25, 0.3) is 0 Å². The highest BCUT2D eigenvalue weighted by Gasteiger charge is 2.28. The van der Waals surface area contributed by atoms with Crippen molar-refractivity contribution in [2.24, 2.45) is 0 Å². The molecule has 2 aromatic carbocycles. The van der Waals surface area contributed by atoms with Crippen molar-refractivity contribution in [3.8, 4) is 11.5 Å². The predicted molar refractivity (Wildman–Crippen MR) is 82.6 cm³/mol. The first-order valence-electron chi connectivity index (χ1n) is 6.51. The minimum absolute atomic E-state index is 0.558. The summed E-state index contributed by atoms with van der Waals surface area (Å²) in [4.78, 5) is 0. The minimum atomic E-state index is -0.919. The second kappa shape index (κ2) is 7.36. The van der Waals surface area contributed by atoms with Crippen LogP contribution in [0.4, 0.5) is 0 Å². The van der Waals surface area contributed by atoms with Crippen LogP contribution in [0.3, 0.4) is 0 Å². The Hall–Kier alpha value is -1.45. The van der Waals surface area contributed by atoms with E-state index >= 15 is 0 Å². The van der Waals surface area contributed by atoms with Gasteiger partial charge in [0, 0.05) is 12.3 Å². The molecular formula is C16H16ClO2Si. The maximum absolute atomic E-state index is 5.94. The molecule has 4 heteroatoms. The molecule has 0 amide bonds. The van der Waals surface area contributed by atoms with E-state index in [4.69, 9.17) is 21.1 Å². The smallest absolute Gasteiger partial charge is 0.222 e. The van der Waals surface area contributed by atoms with Crippen molar-refractivity contribution in [2.75, 3.05) is 5.88 Å². The van der Waals surface area contributed by atoms with Crippen LogP contribution < -0.4 is 9.47 Å². The summed E-state index contributed by atoms with van der Waals surface area (Å²) in [5.74, 6) is 2.05. The van der Waals surface area contributed by atoms with Gasteiger partial charge in [-0.3, -0.25) is 0 Å². The number of hydrogen-bond donors (Lipinski definition) is 0. The maximum Gasteiger partial charge on any atom is 0.222 e. The lowest BCUT2D eigenvalue weighted by atomic mass is 10.3. The van der Waals surface area contributed by atoms with Crippen LogP contribution in [-0.2, 0) is 0 Å². The summed E-state index contributed by atoms with van der Waals surface area (Å²) in [5.41, 5.74) is -0.919. The first-order valence-corrected chi connectivity index (χ1v) is 7.54. The van der Waals surface area contributed by atoms with Crippen molar-refractivity contribution in [3.05, 3.63) is 60.7 Å². The molecule has 0 saturated carbocycles. The second-order valence-corrected chi connectivity index (χ2v) is 5.52. The Bertz CT molecular complexity index is 463. The van der Waals surface area contributed by atoms with Crippen molar-refractivity contribution in [2.45, 2.75) is 18.3 Å². The van der Waals surface area contributed by atoms with E-state index in [0.29, 0.717) is 12.3 Å². The van der Waals surface area contributed by atoms with E-state index in [1.165, 1.54) is 0 Å². The number of rotatable bonds is 7. The van der Waals surface area contributed by atoms with E-state index in [9.17, 15) is 0 Å². The number of alkyl halides is 1. The van der Waals surface area contributed by atoms with E-state index in [1.54, 1.807) is 0 Å². The largest absolute Gasteiger partial charge is 0.458 e. The van der Waals surface area contributed by atoms with Gasteiger partial charge in [0.25, 0.3) is 0 Å². The Morgan fingerprint density at radius 3 is 1.70 bits per heavy atom. The summed E-state index contributed by atoms with van der Waals surface area (Å²) < 4.78 is 11.9. The molecule has 0 heterocycles. The fourth-order valence-corrected chi connectivity index (χ4v) is 2.33. The zero-order chi connectivity index (χ0) is 14.3. The monoisotopic (exact) mass is 303 g/mol. The number of halogens is 1. The summed E-state index contributed by atoms with van der Waals surface area (Å²) >= 11 is 5.78. The van der Waals surface area contributed by atoms with Crippen molar-refractivity contribution >= 4 is 21.8 Å². The van der Waals surface area contributed by atoms with Gasteiger partial charge in [0.1, 0.15) is 11.5 Å². The minimum Gasteiger partial charge on any atom is -0.458 e. The van der Waals surface area contributed by atoms with E-state index in [0.717, 1.165) is 17.9 Å². The Morgan fingerprint density at radius 1 is 0.850 bits per heavy atom. The van der Waals surface area contributed by atoms with Crippen LogP contribution in [0, 0.1) is 0 Å². The summed E-state index contributed by atoms with van der Waals surface area (Å²) in [6.07, 6.45) is 1.42. The molecule has 0 spiro atoms. The molecule has 0 aromatic heterocycles. The molecule has 2 aromatic rings. The maximum atomic E-state index is 5.94.